The second kappa shape index (κ2) is 8.29. The maximum Gasteiger partial charge on any atom is 0.326 e. The lowest BCUT2D eigenvalue weighted by Gasteiger charge is -2.17. The number of hydrogen-bond acceptors (Lipinski definition) is 3. The molecule has 7 heteroatoms. The summed E-state index contributed by atoms with van der Waals surface area (Å²) in [6, 6.07) is 2.40. The highest BCUT2D eigenvalue weighted by Crippen LogP contribution is 2.25. The summed E-state index contributed by atoms with van der Waals surface area (Å²) in [4.78, 5) is 23.1. The topological polar surface area (TPSA) is 78.4 Å². The van der Waals surface area contributed by atoms with Gasteiger partial charge in [-0.3, -0.25) is 0 Å². The van der Waals surface area contributed by atoms with Crippen LogP contribution in [-0.4, -0.2) is 35.2 Å². The Kier molecular flexibility index (Phi) is 7.04. The lowest BCUT2D eigenvalue weighted by atomic mass is 10.1. The zero-order valence-corrected chi connectivity index (χ0v) is 14.6. The first-order chi connectivity index (χ1) is 9.85. The molecule has 1 atom stereocenters. The molecule has 3 N–H and O–H groups in total. The van der Waals surface area contributed by atoms with Gasteiger partial charge in [-0.05, 0) is 55.5 Å². The van der Waals surface area contributed by atoms with Crippen LogP contribution >= 0.6 is 27.7 Å². The number of thioether (sulfide) groups is 1. The molecule has 0 heterocycles. The number of carbonyl (C=O) groups excluding carboxylic acids is 1. The van der Waals surface area contributed by atoms with Crippen molar-refractivity contribution >= 4 is 45.4 Å². The molecular weight excluding hydrogens is 356 g/mol. The van der Waals surface area contributed by atoms with Crippen molar-refractivity contribution in [2.45, 2.75) is 26.3 Å². The first kappa shape index (κ1) is 17.8. The highest BCUT2D eigenvalue weighted by Gasteiger charge is 2.20. The number of carbonyl (C=O) groups is 2. The fraction of sp³-hybridized carbons (Fsp3) is 0.429. The van der Waals surface area contributed by atoms with Crippen molar-refractivity contribution in [3.8, 4) is 0 Å². The van der Waals surface area contributed by atoms with Crippen molar-refractivity contribution < 1.29 is 14.7 Å². The third-order valence-corrected chi connectivity index (χ3v) is 4.05. The number of nitrogens with one attached hydrogen (secondary N) is 2. The standard InChI is InChI=1S/C14H19BrN2O3S/c1-8-6-10(15)7-9(2)12(8)17-14(20)16-11(13(18)19)4-5-21-3/h6-7,11H,4-5H2,1-3H3,(H,18,19)(H2,16,17,20)/t11-/m1/s1. The molecule has 1 rings (SSSR count). The Hall–Kier alpha value is -1.21. The molecule has 21 heavy (non-hydrogen) atoms. The summed E-state index contributed by atoms with van der Waals surface area (Å²) >= 11 is 4.94. The number of benzene rings is 1. The van der Waals surface area contributed by atoms with Crippen molar-refractivity contribution in [3.05, 3.63) is 27.7 Å². The van der Waals surface area contributed by atoms with Crippen LogP contribution in [0.2, 0.25) is 0 Å². The quantitative estimate of drug-likeness (QED) is 0.712. The van der Waals surface area contributed by atoms with Gasteiger partial charge in [0.15, 0.2) is 0 Å². The summed E-state index contributed by atoms with van der Waals surface area (Å²) in [6.07, 6.45) is 2.29. The van der Waals surface area contributed by atoms with Gasteiger partial charge in [0.2, 0.25) is 0 Å². The van der Waals surface area contributed by atoms with Crippen LogP contribution in [0.4, 0.5) is 10.5 Å². The summed E-state index contributed by atoms with van der Waals surface area (Å²) in [6.45, 7) is 3.77. The van der Waals surface area contributed by atoms with Gasteiger partial charge in [0, 0.05) is 10.2 Å². The minimum atomic E-state index is -1.02. The molecule has 2 amide bonds. The van der Waals surface area contributed by atoms with E-state index in [1.54, 1.807) is 11.8 Å². The van der Waals surface area contributed by atoms with Gasteiger partial charge < -0.3 is 15.7 Å². The molecule has 0 fully saturated rings. The van der Waals surface area contributed by atoms with E-state index >= 15 is 0 Å². The van der Waals surface area contributed by atoms with E-state index in [0.717, 1.165) is 15.6 Å². The number of carboxylic acids is 1. The average Bonchev–Trinajstić information content (AvgIpc) is 2.38. The normalized spacial score (nSPS) is 11.8. The third kappa shape index (κ3) is 5.59. The zero-order valence-electron chi connectivity index (χ0n) is 12.2. The molecule has 0 spiro atoms. The number of aliphatic carboxylic acids is 1. The summed E-state index contributed by atoms with van der Waals surface area (Å²) in [7, 11) is 0. The Labute approximate surface area is 137 Å². The average molecular weight is 375 g/mol. The van der Waals surface area contributed by atoms with Gasteiger partial charge in [-0.2, -0.15) is 11.8 Å². The van der Waals surface area contributed by atoms with Gasteiger partial charge >= 0.3 is 12.0 Å². The van der Waals surface area contributed by atoms with E-state index in [9.17, 15) is 9.59 Å². The molecular formula is C14H19BrN2O3S. The van der Waals surface area contributed by atoms with Gasteiger partial charge in [0.1, 0.15) is 6.04 Å². The molecule has 0 aliphatic rings. The molecule has 0 aliphatic carbocycles. The van der Waals surface area contributed by atoms with Crippen LogP contribution in [0.5, 0.6) is 0 Å². The zero-order chi connectivity index (χ0) is 16.0. The van der Waals surface area contributed by atoms with E-state index in [1.165, 1.54) is 0 Å². The molecule has 0 aromatic heterocycles. The summed E-state index contributed by atoms with van der Waals surface area (Å²) < 4.78 is 0.937. The van der Waals surface area contributed by atoms with E-state index in [4.69, 9.17) is 5.11 Å². The largest absolute Gasteiger partial charge is 0.480 e. The molecule has 0 saturated carbocycles. The summed E-state index contributed by atoms with van der Waals surface area (Å²) in [5, 5.41) is 14.3. The predicted octanol–water partition coefficient (Wildman–Crippen LogP) is 3.39. The van der Waals surface area contributed by atoms with E-state index in [-0.39, 0.29) is 0 Å². The van der Waals surface area contributed by atoms with Crippen molar-refractivity contribution in [2.75, 3.05) is 17.3 Å². The van der Waals surface area contributed by atoms with Crippen LogP contribution in [0.3, 0.4) is 0 Å². The Balaban J connectivity index is 2.74. The molecule has 1 aromatic carbocycles. The molecule has 116 valence electrons. The first-order valence-corrected chi connectivity index (χ1v) is 8.59. The van der Waals surface area contributed by atoms with Crippen LogP contribution in [0.15, 0.2) is 16.6 Å². The number of anilines is 1. The predicted molar refractivity (Wildman–Crippen MR) is 90.2 cm³/mol. The van der Waals surface area contributed by atoms with Crippen molar-refractivity contribution in [3.63, 3.8) is 0 Å². The van der Waals surface area contributed by atoms with Crippen LogP contribution in [0, 0.1) is 13.8 Å². The molecule has 0 bridgehead atoms. The van der Waals surface area contributed by atoms with Crippen LogP contribution in [0.1, 0.15) is 17.5 Å². The van der Waals surface area contributed by atoms with E-state index in [2.05, 4.69) is 26.6 Å². The number of carboxylic acid groups (broad SMARTS) is 1. The minimum Gasteiger partial charge on any atom is -0.480 e. The minimum absolute atomic E-state index is 0.391. The SMILES string of the molecule is CSCC[C@@H](NC(=O)Nc1c(C)cc(Br)cc1C)C(=O)O. The maximum absolute atomic E-state index is 12.0. The number of rotatable bonds is 6. The lowest BCUT2D eigenvalue weighted by Crippen LogP contribution is -2.43. The third-order valence-electron chi connectivity index (χ3n) is 2.95. The number of hydrogen-bond donors (Lipinski definition) is 3. The molecule has 0 saturated heterocycles. The van der Waals surface area contributed by atoms with Crippen molar-refractivity contribution in [2.24, 2.45) is 0 Å². The van der Waals surface area contributed by atoms with E-state index in [1.807, 2.05) is 32.2 Å². The first-order valence-electron chi connectivity index (χ1n) is 6.41. The van der Waals surface area contributed by atoms with Crippen molar-refractivity contribution in [1.29, 1.82) is 0 Å². The number of amides is 2. The number of halogens is 1. The number of urea groups is 1. The lowest BCUT2D eigenvalue weighted by molar-refractivity contribution is -0.139. The van der Waals surface area contributed by atoms with Crippen LogP contribution in [0.25, 0.3) is 0 Å². The van der Waals surface area contributed by atoms with Gasteiger partial charge in [0.25, 0.3) is 0 Å². The van der Waals surface area contributed by atoms with E-state index < -0.39 is 18.0 Å². The smallest absolute Gasteiger partial charge is 0.326 e. The highest BCUT2D eigenvalue weighted by molar-refractivity contribution is 9.10. The summed E-state index contributed by atoms with van der Waals surface area (Å²) in [5.74, 6) is -0.350. The highest BCUT2D eigenvalue weighted by atomic mass is 79.9. The molecule has 0 radical (unpaired) electrons. The fourth-order valence-electron chi connectivity index (χ4n) is 1.91. The van der Waals surface area contributed by atoms with Gasteiger partial charge in [-0.15, -0.1) is 0 Å². The fourth-order valence-corrected chi connectivity index (χ4v) is 3.07. The molecule has 1 aromatic rings. The van der Waals surface area contributed by atoms with Crippen LogP contribution < -0.4 is 10.6 Å². The number of aryl methyl sites for hydroxylation is 2. The Bertz CT molecular complexity index is 514. The second-order valence-corrected chi connectivity index (χ2v) is 6.59. The van der Waals surface area contributed by atoms with E-state index in [0.29, 0.717) is 17.9 Å². The maximum atomic E-state index is 12.0. The molecule has 5 nitrogen and oxygen atoms in total. The van der Waals surface area contributed by atoms with Gasteiger partial charge in [-0.25, -0.2) is 9.59 Å². The molecule has 0 aliphatic heterocycles. The van der Waals surface area contributed by atoms with Crippen molar-refractivity contribution in [1.82, 2.24) is 5.32 Å². The second-order valence-electron chi connectivity index (χ2n) is 4.69. The molecule has 0 unspecified atom stereocenters. The Morgan fingerprint density at radius 3 is 2.38 bits per heavy atom. The summed E-state index contributed by atoms with van der Waals surface area (Å²) in [5.41, 5.74) is 2.52. The Morgan fingerprint density at radius 2 is 1.90 bits per heavy atom. The Morgan fingerprint density at radius 1 is 1.33 bits per heavy atom. The van der Waals surface area contributed by atoms with Gasteiger partial charge in [-0.1, -0.05) is 15.9 Å². The van der Waals surface area contributed by atoms with Crippen LogP contribution in [-0.2, 0) is 4.79 Å². The monoisotopic (exact) mass is 374 g/mol. The van der Waals surface area contributed by atoms with Gasteiger partial charge in [0.05, 0.1) is 0 Å².